The number of nitrogens with one attached hydrogen (secondary N) is 2. The van der Waals surface area contributed by atoms with Crippen LogP contribution >= 0.6 is 11.3 Å². The van der Waals surface area contributed by atoms with Gasteiger partial charge in [0.25, 0.3) is 0 Å². The second-order valence-electron chi connectivity index (χ2n) is 4.20. The predicted octanol–water partition coefficient (Wildman–Crippen LogP) is 0.00940. The normalized spacial score (nSPS) is 23.6. The largest absolute Gasteiger partial charge is 0.312 e. The van der Waals surface area contributed by atoms with Gasteiger partial charge in [0, 0.05) is 30.2 Å². The van der Waals surface area contributed by atoms with Crippen LogP contribution in [0, 0.1) is 0 Å². The molecule has 0 saturated carbocycles. The van der Waals surface area contributed by atoms with Crippen LogP contribution in [0.25, 0.3) is 0 Å². The first kappa shape index (κ1) is 12.9. The molecular weight excluding hydrogens is 258 g/mol. The Kier molecular flexibility index (Phi) is 4.49. The van der Waals surface area contributed by atoms with Crippen LogP contribution in [0.15, 0.2) is 11.7 Å². The molecule has 0 aromatic carbocycles. The van der Waals surface area contributed by atoms with Crippen LogP contribution < -0.4 is 10.6 Å². The van der Waals surface area contributed by atoms with Crippen LogP contribution in [0.3, 0.4) is 0 Å². The van der Waals surface area contributed by atoms with Gasteiger partial charge in [-0.15, -0.1) is 11.3 Å². The molecule has 0 amide bonds. The smallest absolute Gasteiger partial charge is 0.153 e. The summed E-state index contributed by atoms with van der Waals surface area (Å²) >= 11 is 1.62. The summed E-state index contributed by atoms with van der Waals surface area (Å²) in [5.74, 6) is 0.549. The Labute approximate surface area is 106 Å². The van der Waals surface area contributed by atoms with Crippen molar-refractivity contribution in [1.82, 2.24) is 15.6 Å². The van der Waals surface area contributed by atoms with E-state index in [2.05, 4.69) is 15.6 Å². The lowest BCUT2D eigenvalue weighted by atomic mass is 10.2. The molecule has 1 aliphatic rings. The van der Waals surface area contributed by atoms with Crippen molar-refractivity contribution in [3.63, 3.8) is 0 Å². The van der Waals surface area contributed by atoms with Crippen molar-refractivity contribution >= 4 is 21.2 Å². The predicted molar refractivity (Wildman–Crippen MR) is 68.9 cm³/mol. The lowest BCUT2D eigenvalue weighted by Crippen LogP contribution is -2.46. The SMILES string of the molecule is O=S1(=O)CCNC(CCNCc2cncs2)C1. The molecule has 1 aromatic rings. The summed E-state index contributed by atoms with van der Waals surface area (Å²) in [6.07, 6.45) is 2.69. The molecule has 1 atom stereocenters. The molecule has 7 heteroatoms. The van der Waals surface area contributed by atoms with E-state index in [0.29, 0.717) is 6.54 Å². The summed E-state index contributed by atoms with van der Waals surface area (Å²) in [6.45, 7) is 2.22. The number of hydrogen-bond donors (Lipinski definition) is 2. The van der Waals surface area contributed by atoms with Gasteiger partial charge in [-0.3, -0.25) is 4.98 Å². The Balaban J connectivity index is 1.65. The van der Waals surface area contributed by atoms with Crippen LogP contribution in [0.5, 0.6) is 0 Å². The van der Waals surface area contributed by atoms with Crippen molar-refractivity contribution in [1.29, 1.82) is 0 Å². The van der Waals surface area contributed by atoms with Crippen molar-refractivity contribution < 1.29 is 8.42 Å². The molecule has 1 unspecified atom stereocenters. The highest BCUT2D eigenvalue weighted by atomic mass is 32.2. The Hall–Kier alpha value is -0.500. The van der Waals surface area contributed by atoms with Crippen molar-refractivity contribution in [3.8, 4) is 0 Å². The van der Waals surface area contributed by atoms with Gasteiger partial charge in [-0.25, -0.2) is 8.42 Å². The summed E-state index contributed by atoms with van der Waals surface area (Å²) in [4.78, 5) is 5.20. The van der Waals surface area contributed by atoms with Crippen molar-refractivity contribution in [3.05, 3.63) is 16.6 Å². The van der Waals surface area contributed by atoms with Gasteiger partial charge in [-0.05, 0) is 13.0 Å². The average molecular weight is 275 g/mol. The number of nitrogens with zero attached hydrogens (tertiary/aromatic N) is 1. The van der Waals surface area contributed by atoms with Crippen LogP contribution in [0.1, 0.15) is 11.3 Å². The first-order chi connectivity index (χ1) is 8.16. The van der Waals surface area contributed by atoms with E-state index in [9.17, 15) is 8.42 Å². The van der Waals surface area contributed by atoms with Crippen LogP contribution in [0.2, 0.25) is 0 Å². The third kappa shape index (κ3) is 4.34. The lowest BCUT2D eigenvalue weighted by Gasteiger charge is -2.23. The first-order valence-corrected chi connectivity index (χ1v) is 8.38. The zero-order chi connectivity index (χ0) is 12.1. The molecule has 0 aliphatic carbocycles. The van der Waals surface area contributed by atoms with E-state index in [4.69, 9.17) is 0 Å². The number of rotatable bonds is 5. The second kappa shape index (κ2) is 5.90. The highest BCUT2D eigenvalue weighted by molar-refractivity contribution is 7.91. The summed E-state index contributed by atoms with van der Waals surface area (Å²) in [5.41, 5.74) is 1.81. The van der Waals surface area contributed by atoms with E-state index in [-0.39, 0.29) is 17.5 Å². The molecule has 1 fully saturated rings. The minimum atomic E-state index is -2.81. The van der Waals surface area contributed by atoms with Gasteiger partial charge in [0.2, 0.25) is 0 Å². The molecule has 1 aromatic heterocycles. The number of sulfone groups is 1. The minimum absolute atomic E-state index is 0.0997. The molecule has 0 spiro atoms. The van der Waals surface area contributed by atoms with Crippen molar-refractivity contribution in [2.45, 2.75) is 19.0 Å². The van der Waals surface area contributed by atoms with E-state index in [1.165, 1.54) is 4.88 Å². The minimum Gasteiger partial charge on any atom is -0.312 e. The molecule has 0 radical (unpaired) electrons. The zero-order valence-corrected chi connectivity index (χ0v) is 11.2. The molecule has 2 N–H and O–H groups in total. The zero-order valence-electron chi connectivity index (χ0n) is 9.55. The monoisotopic (exact) mass is 275 g/mol. The molecule has 2 rings (SSSR count). The number of aromatic nitrogens is 1. The molecule has 96 valence electrons. The summed E-state index contributed by atoms with van der Waals surface area (Å²) < 4.78 is 22.8. The molecule has 17 heavy (non-hydrogen) atoms. The second-order valence-corrected chi connectivity index (χ2v) is 7.40. The van der Waals surface area contributed by atoms with Gasteiger partial charge in [-0.1, -0.05) is 0 Å². The van der Waals surface area contributed by atoms with E-state index in [1.807, 2.05) is 11.7 Å². The van der Waals surface area contributed by atoms with Gasteiger partial charge < -0.3 is 10.6 Å². The van der Waals surface area contributed by atoms with Gasteiger partial charge in [0.15, 0.2) is 9.84 Å². The fourth-order valence-electron chi connectivity index (χ4n) is 1.87. The highest BCUT2D eigenvalue weighted by Gasteiger charge is 2.23. The molecule has 1 aliphatic heterocycles. The lowest BCUT2D eigenvalue weighted by molar-refractivity contribution is 0.479. The number of thiazole rings is 1. The highest BCUT2D eigenvalue weighted by Crippen LogP contribution is 2.06. The molecule has 0 bridgehead atoms. The van der Waals surface area contributed by atoms with Gasteiger partial charge in [-0.2, -0.15) is 0 Å². The third-order valence-corrected chi connectivity index (χ3v) is 5.27. The Bertz CT molecular complexity index is 430. The summed E-state index contributed by atoms with van der Waals surface area (Å²) in [5, 5.41) is 6.54. The quantitative estimate of drug-likeness (QED) is 0.741. The Morgan fingerprint density at radius 3 is 3.18 bits per heavy atom. The molecule has 2 heterocycles. The maximum Gasteiger partial charge on any atom is 0.153 e. The third-order valence-electron chi connectivity index (χ3n) is 2.75. The maximum atomic E-state index is 11.4. The first-order valence-electron chi connectivity index (χ1n) is 5.67. The van der Waals surface area contributed by atoms with E-state index in [0.717, 1.165) is 19.5 Å². The van der Waals surface area contributed by atoms with Gasteiger partial charge in [0.05, 0.1) is 17.0 Å². The standard InChI is InChI=1S/C10H17N3O2S2/c14-17(15)4-3-13-9(7-17)1-2-11-5-10-6-12-8-16-10/h6,8-9,11,13H,1-5,7H2. The van der Waals surface area contributed by atoms with E-state index < -0.39 is 9.84 Å². The summed E-state index contributed by atoms with van der Waals surface area (Å²) in [7, 11) is -2.81. The molecule has 5 nitrogen and oxygen atoms in total. The fourth-order valence-corrected chi connectivity index (χ4v) is 3.93. The average Bonchev–Trinajstić information content (AvgIpc) is 2.76. The fraction of sp³-hybridized carbons (Fsp3) is 0.700. The van der Waals surface area contributed by atoms with E-state index >= 15 is 0 Å². The summed E-state index contributed by atoms with van der Waals surface area (Å²) in [6, 6.07) is 0.0997. The van der Waals surface area contributed by atoms with Gasteiger partial charge >= 0.3 is 0 Å². The molecular formula is C10H17N3O2S2. The van der Waals surface area contributed by atoms with Crippen LogP contribution in [-0.4, -0.2) is 44.0 Å². The van der Waals surface area contributed by atoms with E-state index in [1.54, 1.807) is 11.3 Å². The Morgan fingerprint density at radius 2 is 2.47 bits per heavy atom. The van der Waals surface area contributed by atoms with Crippen LogP contribution in [0.4, 0.5) is 0 Å². The topological polar surface area (TPSA) is 71.1 Å². The van der Waals surface area contributed by atoms with Crippen LogP contribution in [-0.2, 0) is 16.4 Å². The number of hydrogen-bond acceptors (Lipinski definition) is 6. The van der Waals surface area contributed by atoms with Crippen molar-refractivity contribution in [2.24, 2.45) is 0 Å². The molecule has 1 saturated heterocycles. The van der Waals surface area contributed by atoms with Gasteiger partial charge in [0.1, 0.15) is 0 Å². The maximum absolute atomic E-state index is 11.4. The Morgan fingerprint density at radius 1 is 1.59 bits per heavy atom. The van der Waals surface area contributed by atoms with Crippen molar-refractivity contribution in [2.75, 3.05) is 24.6 Å².